The lowest BCUT2D eigenvalue weighted by molar-refractivity contribution is -0.139. The Morgan fingerprint density at radius 1 is 1.38 bits per heavy atom. The molecule has 3 nitrogen and oxygen atoms in total. The highest BCUT2D eigenvalue weighted by Crippen LogP contribution is 2.48. The van der Waals surface area contributed by atoms with Gasteiger partial charge in [0.25, 0.3) is 0 Å². The molecule has 1 aliphatic carbocycles. The second-order valence-electron chi connectivity index (χ2n) is 4.66. The van der Waals surface area contributed by atoms with Gasteiger partial charge in [-0.15, -0.1) is 0 Å². The fourth-order valence-corrected chi connectivity index (χ4v) is 2.17. The molecule has 1 aliphatic rings. The molecule has 0 aromatic heterocycles. The third-order valence-electron chi connectivity index (χ3n) is 3.40. The smallest absolute Gasteiger partial charge is 0.303 e. The molecule has 1 fully saturated rings. The summed E-state index contributed by atoms with van der Waals surface area (Å²) >= 11 is 0. The summed E-state index contributed by atoms with van der Waals surface area (Å²) in [4.78, 5) is 10.4. The molecule has 76 valence electrons. The number of carboxylic acids is 1. The van der Waals surface area contributed by atoms with Gasteiger partial charge in [0.1, 0.15) is 0 Å². The van der Waals surface area contributed by atoms with Crippen molar-refractivity contribution >= 4 is 5.97 Å². The van der Waals surface area contributed by atoms with Crippen LogP contribution in [0.1, 0.15) is 46.0 Å². The topological polar surface area (TPSA) is 57.5 Å². The van der Waals surface area contributed by atoms with Gasteiger partial charge in [-0.25, -0.2) is 0 Å². The fraction of sp³-hybridized carbons (Fsp3) is 0.900. The van der Waals surface area contributed by atoms with Gasteiger partial charge < -0.3 is 10.2 Å². The van der Waals surface area contributed by atoms with E-state index in [1.807, 2.05) is 13.8 Å². The Bertz CT molecular complexity index is 210. The average Bonchev–Trinajstić information content (AvgIpc) is 2.24. The van der Waals surface area contributed by atoms with Crippen LogP contribution in [0, 0.1) is 5.41 Å². The standard InChI is InChI=1S/C10H18O3/c1-9(2)5-3-6-10(9,13)7-4-8(11)12/h13H,3-7H2,1-2H3,(H,11,12). The van der Waals surface area contributed by atoms with Crippen molar-refractivity contribution in [1.29, 1.82) is 0 Å². The first kappa shape index (κ1) is 10.5. The molecule has 0 amide bonds. The number of carboxylic acid groups (broad SMARTS) is 1. The van der Waals surface area contributed by atoms with Gasteiger partial charge in [0.15, 0.2) is 0 Å². The van der Waals surface area contributed by atoms with Crippen LogP contribution in [-0.2, 0) is 4.79 Å². The van der Waals surface area contributed by atoms with E-state index in [4.69, 9.17) is 5.11 Å². The molecule has 0 aromatic carbocycles. The zero-order valence-corrected chi connectivity index (χ0v) is 8.34. The molecule has 0 heterocycles. The number of rotatable bonds is 3. The first-order valence-corrected chi connectivity index (χ1v) is 4.82. The summed E-state index contributed by atoms with van der Waals surface area (Å²) in [5, 5.41) is 18.8. The lowest BCUT2D eigenvalue weighted by Crippen LogP contribution is -2.40. The van der Waals surface area contributed by atoms with Gasteiger partial charge in [-0.05, 0) is 31.1 Å². The van der Waals surface area contributed by atoms with Crippen LogP contribution >= 0.6 is 0 Å². The van der Waals surface area contributed by atoms with Gasteiger partial charge in [0.05, 0.1) is 5.60 Å². The van der Waals surface area contributed by atoms with E-state index in [9.17, 15) is 9.90 Å². The summed E-state index contributed by atoms with van der Waals surface area (Å²) in [6, 6.07) is 0. The van der Waals surface area contributed by atoms with Crippen LogP contribution < -0.4 is 0 Å². The summed E-state index contributed by atoms with van der Waals surface area (Å²) in [6.45, 7) is 4.03. The van der Waals surface area contributed by atoms with Crippen molar-refractivity contribution in [3.8, 4) is 0 Å². The minimum atomic E-state index is -0.823. The maximum absolute atomic E-state index is 10.4. The van der Waals surface area contributed by atoms with Gasteiger partial charge in [-0.3, -0.25) is 4.79 Å². The first-order valence-electron chi connectivity index (χ1n) is 4.82. The highest BCUT2D eigenvalue weighted by atomic mass is 16.4. The number of hydrogen-bond donors (Lipinski definition) is 2. The summed E-state index contributed by atoms with van der Waals surface area (Å²) in [5.74, 6) is -0.823. The molecule has 0 aromatic rings. The van der Waals surface area contributed by atoms with E-state index < -0.39 is 11.6 Å². The molecule has 0 spiro atoms. The summed E-state index contributed by atoms with van der Waals surface area (Å²) in [5.41, 5.74) is -0.881. The van der Waals surface area contributed by atoms with Crippen molar-refractivity contribution in [1.82, 2.24) is 0 Å². The van der Waals surface area contributed by atoms with Crippen LogP contribution in [0.3, 0.4) is 0 Å². The van der Waals surface area contributed by atoms with Crippen LogP contribution in [0.2, 0.25) is 0 Å². The Kier molecular flexibility index (Phi) is 2.66. The van der Waals surface area contributed by atoms with Crippen LogP contribution in [0.15, 0.2) is 0 Å². The molecule has 0 radical (unpaired) electrons. The minimum Gasteiger partial charge on any atom is -0.481 e. The van der Waals surface area contributed by atoms with Crippen LogP contribution in [0.4, 0.5) is 0 Å². The zero-order valence-electron chi connectivity index (χ0n) is 8.34. The highest BCUT2D eigenvalue weighted by molar-refractivity contribution is 5.66. The minimum absolute atomic E-state index is 0.0694. The van der Waals surface area contributed by atoms with Crippen molar-refractivity contribution in [3.05, 3.63) is 0 Å². The van der Waals surface area contributed by atoms with E-state index in [0.717, 1.165) is 19.3 Å². The van der Waals surface area contributed by atoms with E-state index in [1.165, 1.54) is 0 Å². The van der Waals surface area contributed by atoms with E-state index >= 15 is 0 Å². The second-order valence-corrected chi connectivity index (χ2v) is 4.66. The number of aliphatic hydroxyl groups is 1. The molecular weight excluding hydrogens is 168 g/mol. The third-order valence-corrected chi connectivity index (χ3v) is 3.40. The van der Waals surface area contributed by atoms with Gasteiger partial charge in [0, 0.05) is 6.42 Å². The molecule has 0 bridgehead atoms. The molecule has 1 saturated carbocycles. The third kappa shape index (κ3) is 2.02. The van der Waals surface area contributed by atoms with E-state index in [2.05, 4.69) is 0 Å². The molecule has 3 heteroatoms. The monoisotopic (exact) mass is 186 g/mol. The van der Waals surface area contributed by atoms with E-state index in [-0.39, 0.29) is 11.8 Å². The summed E-state index contributed by atoms with van der Waals surface area (Å²) in [7, 11) is 0. The Labute approximate surface area is 78.8 Å². The Morgan fingerprint density at radius 3 is 2.38 bits per heavy atom. The zero-order chi connectivity index (χ0) is 10.1. The van der Waals surface area contributed by atoms with Crippen LogP contribution in [-0.4, -0.2) is 21.8 Å². The first-order chi connectivity index (χ1) is 5.87. The Hall–Kier alpha value is -0.570. The Balaban J connectivity index is 2.59. The maximum Gasteiger partial charge on any atom is 0.303 e. The van der Waals surface area contributed by atoms with Crippen molar-refractivity contribution < 1.29 is 15.0 Å². The lowest BCUT2D eigenvalue weighted by Gasteiger charge is -2.36. The predicted octanol–water partition coefficient (Wildman–Crippen LogP) is 1.79. The molecular formula is C10H18O3. The molecule has 0 saturated heterocycles. The number of hydrogen-bond acceptors (Lipinski definition) is 2. The normalized spacial score (nSPS) is 31.9. The SMILES string of the molecule is CC1(C)CCCC1(O)CCC(=O)O. The van der Waals surface area contributed by atoms with Gasteiger partial charge in [-0.2, -0.15) is 0 Å². The summed E-state index contributed by atoms with van der Waals surface area (Å²) in [6.07, 6.45) is 3.19. The molecule has 1 unspecified atom stereocenters. The molecule has 1 atom stereocenters. The number of carbonyl (C=O) groups is 1. The van der Waals surface area contributed by atoms with Crippen molar-refractivity contribution in [2.75, 3.05) is 0 Å². The lowest BCUT2D eigenvalue weighted by atomic mass is 9.75. The summed E-state index contributed by atoms with van der Waals surface area (Å²) < 4.78 is 0. The van der Waals surface area contributed by atoms with E-state index in [0.29, 0.717) is 6.42 Å². The quantitative estimate of drug-likeness (QED) is 0.706. The van der Waals surface area contributed by atoms with Crippen molar-refractivity contribution in [3.63, 3.8) is 0 Å². The highest BCUT2D eigenvalue weighted by Gasteiger charge is 2.46. The van der Waals surface area contributed by atoms with Gasteiger partial charge >= 0.3 is 5.97 Å². The van der Waals surface area contributed by atoms with Gasteiger partial charge in [-0.1, -0.05) is 13.8 Å². The average molecular weight is 186 g/mol. The molecule has 13 heavy (non-hydrogen) atoms. The largest absolute Gasteiger partial charge is 0.481 e. The van der Waals surface area contributed by atoms with Crippen molar-refractivity contribution in [2.24, 2.45) is 5.41 Å². The number of aliphatic carboxylic acids is 1. The molecule has 0 aliphatic heterocycles. The Morgan fingerprint density at radius 2 is 2.00 bits per heavy atom. The predicted molar refractivity (Wildman–Crippen MR) is 49.5 cm³/mol. The molecule has 1 rings (SSSR count). The fourth-order valence-electron chi connectivity index (χ4n) is 2.17. The van der Waals surface area contributed by atoms with E-state index in [1.54, 1.807) is 0 Å². The maximum atomic E-state index is 10.4. The molecule has 2 N–H and O–H groups in total. The second kappa shape index (κ2) is 3.29. The van der Waals surface area contributed by atoms with Crippen LogP contribution in [0.25, 0.3) is 0 Å². The van der Waals surface area contributed by atoms with Crippen LogP contribution in [0.5, 0.6) is 0 Å². The van der Waals surface area contributed by atoms with Crippen molar-refractivity contribution in [2.45, 2.75) is 51.6 Å². The van der Waals surface area contributed by atoms with Gasteiger partial charge in [0.2, 0.25) is 0 Å².